The fraction of sp³-hybridized carbons (Fsp3) is 0.538. The van der Waals surface area contributed by atoms with E-state index in [2.05, 4.69) is 5.32 Å². The van der Waals surface area contributed by atoms with Gasteiger partial charge in [-0.3, -0.25) is 0 Å². The first kappa shape index (κ1) is 10.7. The molecule has 0 saturated carbocycles. The number of rotatable bonds is 1. The summed E-state index contributed by atoms with van der Waals surface area (Å²) in [6.07, 6.45) is 1.90. The lowest BCUT2D eigenvalue weighted by molar-refractivity contribution is -0.0408. The first-order valence-corrected chi connectivity index (χ1v) is 6.00. The minimum atomic E-state index is -0.0835. The maximum absolute atomic E-state index is 6.16. The first-order chi connectivity index (χ1) is 8.31. The molecule has 17 heavy (non-hydrogen) atoms. The Morgan fingerprint density at radius 1 is 1.29 bits per heavy atom. The predicted molar refractivity (Wildman–Crippen MR) is 64.9 cm³/mol. The summed E-state index contributed by atoms with van der Waals surface area (Å²) in [6, 6.07) is 5.87. The highest BCUT2D eigenvalue weighted by atomic mass is 16.5. The predicted octanol–water partition coefficient (Wildman–Crippen LogP) is 2.05. The number of nitrogens with one attached hydrogen (secondary N) is 1. The molecule has 2 aliphatic rings. The van der Waals surface area contributed by atoms with Crippen molar-refractivity contribution >= 4 is 5.69 Å². The number of methoxy groups -OCH3 is 1. The lowest BCUT2D eigenvalue weighted by atomic mass is 9.92. The van der Waals surface area contributed by atoms with Crippen molar-refractivity contribution in [3.8, 4) is 11.5 Å². The van der Waals surface area contributed by atoms with Crippen molar-refractivity contribution in [3.05, 3.63) is 18.2 Å². The molecule has 1 spiro atoms. The van der Waals surface area contributed by atoms with Crippen molar-refractivity contribution in [1.82, 2.24) is 0 Å². The normalized spacial score (nSPS) is 21.2. The molecule has 4 nitrogen and oxygen atoms in total. The van der Waals surface area contributed by atoms with Crippen molar-refractivity contribution in [3.63, 3.8) is 0 Å². The van der Waals surface area contributed by atoms with Crippen LogP contribution in [0.1, 0.15) is 12.8 Å². The first-order valence-electron chi connectivity index (χ1n) is 6.00. The molecule has 1 N–H and O–H groups in total. The zero-order chi connectivity index (χ0) is 11.7. The van der Waals surface area contributed by atoms with Gasteiger partial charge in [-0.25, -0.2) is 0 Å². The molecule has 0 bridgehead atoms. The molecule has 1 fully saturated rings. The zero-order valence-electron chi connectivity index (χ0n) is 9.99. The molecule has 0 radical (unpaired) electrons. The second kappa shape index (κ2) is 4.11. The van der Waals surface area contributed by atoms with Crippen LogP contribution in [0.2, 0.25) is 0 Å². The maximum Gasteiger partial charge on any atom is 0.143 e. The molecule has 0 unspecified atom stereocenters. The largest absolute Gasteiger partial charge is 0.497 e. The molecule has 4 heteroatoms. The number of benzene rings is 1. The van der Waals surface area contributed by atoms with E-state index in [9.17, 15) is 0 Å². The molecule has 0 atom stereocenters. The molecular weight excluding hydrogens is 218 g/mol. The van der Waals surface area contributed by atoms with Gasteiger partial charge in [0.2, 0.25) is 0 Å². The Morgan fingerprint density at radius 3 is 2.88 bits per heavy atom. The van der Waals surface area contributed by atoms with Crippen LogP contribution in [-0.4, -0.2) is 32.5 Å². The van der Waals surface area contributed by atoms with Gasteiger partial charge in [0.05, 0.1) is 32.6 Å². The Morgan fingerprint density at radius 2 is 2.12 bits per heavy atom. The van der Waals surface area contributed by atoms with E-state index in [4.69, 9.17) is 14.2 Å². The highest BCUT2D eigenvalue weighted by molar-refractivity contribution is 5.61. The quantitative estimate of drug-likeness (QED) is 0.808. The van der Waals surface area contributed by atoms with Crippen LogP contribution in [0.25, 0.3) is 0 Å². The van der Waals surface area contributed by atoms with Gasteiger partial charge in [-0.2, -0.15) is 0 Å². The summed E-state index contributed by atoms with van der Waals surface area (Å²) in [7, 11) is 1.67. The van der Waals surface area contributed by atoms with E-state index in [0.29, 0.717) is 0 Å². The minimum absolute atomic E-state index is 0.0835. The van der Waals surface area contributed by atoms with Gasteiger partial charge in [0.1, 0.15) is 17.1 Å². The van der Waals surface area contributed by atoms with Gasteiger partial charge < -0.3 is 19.5 Å². The van der Waals surface area contributed by atoms with E-state index < -0.39 is 0 Å². The van der Waals surface area contributed by atoms with E-state index in [1.165, 1.54) is 0 Å². The van der Waals surface area contributed by atoms with Crippen molar-refractivity contribution in [2.45, 2.75) is 18.4 Å². The number of ether oxygens (including phenoxy) is 3. The van der Waals surface area contributed by atoms with Gasteiger partial charge in [-0.05, 0) is 12.1 Å². The Labute approximate surface area is 101 Å². The van der Waals surface area contributed by atoms with Crippen LogP contribution in [0.3, 0.4) is 0 Å². The number of hydrogen-bond donors (Lipinski definition) is 1. The van der Waals surface area contributed by atoms with Crippen molar-refractivity contribution < 1.29 is 14.2 Å². The Hall–Kier alpha value is -1.42. The lowest BCUT2D eigenvalue weighted by Crippen LogP contribution is -2.49. The molecular formula is C13H17NO3. The number of anilines is 1. The van der Waals surface area contributed by atoms with E-state index in [0.717, 1.165) is 49.8 Å². The summed E-state index contributed by atoms with van der Waals surface area (Å²) in [4.78, 5) is 0. The summed E-state index contributed by atoms with van der Waals surface area (Å²) in [5.74, 6) is 1.77. The zero-order valence-corrected chi connectivity index (χ0v) is 9.99. The molecule has 1 aromatic carbocycles. The van der Waals surface area contributed by atoms with Gasteiger partial charge >= 0.3 is 0 Å². The lowest BCUT2D eigenvalue weighted by Gasteiger charge is -2.41. The van der Waals surface area contributed by atoms with Crippen molar-refractivity contribution in [2.24, 2.45) is 0 Å². The highest BCUT2D eigenvalue weighted by Gasteiger charge is 2.38. The second-order valence-electron chi connectivity index (χ2n) is 4.61. The third kappa shape index (κ3) is 1.93. The van der Waals surface area contributed by atoms with Gasteiger partial charge in [0, 0.05) is 18.9 Å². The molecule has 0 aliphatic carbocycles. The van der Waals surface area contributed by atoms with Crippen LogP contribution in [0.4, 0.5) is 5.69 Å². The Kier molecular flexibility index (Phi) is 2.59. The van der Waals surface area contributed by atoms with Crippen LogP contribution in [0.5, 0.6) is 11.5 Å². The van der Waals surface area contributed by atoms with Gasteiger partial charge in [-0.15, -0.1) is 0 Å². The number of hydrogen-bond acceptors (Lipinski definition) is 4. The third-order valence-corrected chi connectivity index (χ3v) is 3.52. The number of fused-ring (bicyclic) bond motifs is 1. The smallest absolute Gasteiger partial charge is 0.143 e. The van der Waals surface area contributed by atoms with Gasteiger partial charge in [-0.1, -0.05) is 0 Å². The highest BCUT2D eigenvalue weighted by Crippen LogP contribution is 2.39. The fourth-order valence-electron chi connectivity index (χ4n) is 2.41. The molecule has 1 aromatic rings. The molecule has 3 rings (SSSR count). The van der Waals surface area contributed by atoms with Crippen LogP contribution in [0, 0.1) is 0 Å². The standard InChI is InChI=1S/C13H17NO3/c1-15-10-2-3-12-11(8-10)14-9-13(17-12)4-6-16-7-5-13/h2-3,8,14H,4-7,9H2,1H3. The average Bonchev–Trinajstić information content (AvgIpc) is 2.39. The van der Waals surface area contributed by atoms with Crippen LogP contribution in [-0.2, 0) is 4.74 Å². The molecule has 0 amide bonds. The minimum Gasteiger partial charge on any atom is -0.497 e. The van der Waals surface area contributed by atoms with Gasteiger partial charge in [0.25, 0.3) is 0 Å². The third-order valence-electron chi connectivity index (χ3n) is 3.52. The van der Waals surface area contributed by atoms with Crippen molar-refractivity contribution in [1.29, 1.82) is 0 Å². The van der Waals surface area contributed by atoms with Gasteiger partial charge in [0.15, 0.2) is 0 Å². The molecule has 1 saturated heterocycles. The monoisotopic (exact) mass is 235 g/mol. The molecule has 0 aromatic heterocycles. The SMILES string of the molecule is COc1ccc2c(c1)NCC1(CCOCC1)O2. The van der Waals surface area contributed by atoms with Crippen molar-refractivity contribution in [2.75, 3.05) is 32.2 Å². The summed E-state index contributed by atoms with van der Waals surface area (Å²) < 4.78 is 16.8. The summed E-state index contributed by atoms with van der Waals surface area (Å²) in [6.45, 7) is 2.41. The van der Waals surface area contributed by atoms with E-state index in [1.54, 1.807) is 7.11 Å². The average molecular weight is 235 g/mol. The van der Waals surface area contributed by atoms with E-state index in [-0.39, 0.29) is 5.60 Å². The summed E-state index contributed by atoms with van der Waals surface area (Å²) in [5.41, 5.74) is 0.932. The molecule has 92 valence electrons. The second-order valence-corrected chi connectivity index (χ2v) is 4.61. The van der Waals surface area contributed by atoms with Crippen LogP contribution < -0.4 is 14.8 Å². The summed E-state index contributed by atoms with van der Waals surface area (Å²) in [5, 5.41) is 3.44. The van der Waals surface area contributed by atoms with E-state index in [1.807, 2.05) is 18.2 Å². The van der Waals surface area contributed by atoms with Crippen LogP contribution >= 0.6 is 0 Å². The summed E-state index contributed by atoms with van der Waals surface area (Å²) >= 11 is 0. The fourth-order valence-corrected chi connectivity index (χ4v) is 2.41. The molecule has 2 aliphatic heterocycles. The molecule has 2 heterocycles. The maximum atomic E-state index is 6.16. The topological polar surface area (TPSA) is 39.7 Å². The van der Waals surface area contributed by atoms with E-state index >= 15 is 0 Å². The Bertz CT molecular complexity index is 413. The van der Waals surface area contributed by atoms with Crippen LogP contribution in [0.15, 0.2) is 18.2 Å². The Balaban J connectivity index is 1.85.